The van der Waals surface area contributed by atoms with E-state index in [9.17, 15) is 9.59 Å². The summed E-state index contributed by atoms with van der Waals surface area (Å²) >= 11 is 0. The normalized spacial score (nSPS) is 21.2. The van der Waals surface area contributed by atoms with Crippen LogP contribution in [0.5, 0.6) is 5.75 Å². The fraction of sp³-hybridized carbons (Fsp3) is 0.429. The lowest BCUT2D eigenvalue weighted by Crippen LogP contribution is -2.64. The summed E-state index contributed by atoms with van der Waals surface area (Å²) in [5, 5.41) is 4.34. The van der Waals surface area contributed by atoms with Gasteiger partial charge in [0, 0.05) is 22.5 Å². The van der Waals surface area contributed by atoms with Crippen LogP contribution < -0.4 is 10.1 Å². The van der Waals surface area contributed by atoms with Crippen molar-refractivity contribution in [3.8, 4) is 5.75 Å². The summed E-state index contributed by atoms with van der Waals surface area (Å²) in [5.74, 6) is 0.505. The molecule has 0 spiro atoms. The van der Waals surface area contributed by atoms with E-state index in [0.29, 0.717) is 24.5 Å². The van der Waals surface area contributed by atoms with Crippen LogP contribution in [0.25, 0.3) is 10.9 Å². The number of ether oxygens (including phenoxy) is 1. The first-order valence-corrected chi connectivity index (χ1v) is 12.3. The first-order chi connectivity index (χ1) is 16.5. The van der Waals surface area contributed by atoms with Crippen molar-refractivity contribution in [2.45, 2.75) is 70.1 Å². The van der Waals surface area contributed by atoms with Crippen molar-refractivity contribution in [2.24, 2.45) is 0 Å². The SMILES string of the molecule is COc1ccccc1CN1C(=O)c2cc3ccccc3n2C[C@@]1(C)C(=O)NC1CCCCCC1. The highest BCUT2D eigenvalue weighted by molar-refractivity contribution is 6.03. The Morgan fingerprint density at radius 2 is 1.76 bits per heavy atom. The second-order valence-electron chi connectivity index (χ2n) is 9.81. The number of nitrogens with zero attached hydrogens (tertiary/aromatic N) is 2. The maximum atomic E-state index is 13.9. The third-order valence-corrected chi connectivity index (χ3v) is 7.54. The lowest BCUT2D eigenvalue weighted by Gasteiger charge is -2.44. The van der Waals surface area contributed by atoms with Crippen LogP contribution in [-0.2, 0) is 17.9 Å². The average molecular weight is 460 g/mol. The van der Waals surface area contributed by atoms with Gasteiger partial charge in [0.2, 0.25) is 5.91 Å². The van der Waals surface area contributed by atoms with Crippen molar-refractivity contribution in [3.63, 3.8) is 0 Å². The molecule has 1 aromatic heterocycles. The number of hydrogen-bond donors (Lipinski definition) is 1. The highest BCUT2D eigenvalue weighted by atomic mass is 16.5. The molecule has 34 heavy (non-hydrogen) atoms. The number of hydrogen-bond acceptors (Lipinski definition) is 3. The quantitative estimate of drug-likeness (QED) is 0.552. The van der Waals surface area contributed by atoms with Gasteiger partial charge in [-0.2, -0.15) is 0 Å². The predicted molar refractivity (Wildman–Crippen MR) is 133 cm³/mol. The van der Waals surface area contributed by atoms with E-state index in [4.69, 9.17) is 4.74 Å². The molecule has 1 aliphatic heterocycles. The van der Waals surface area contributed by atoms with Crippen LogP contribution in [0, 0.1) is 0 Å². The van der Waals surface area contributed by atoms with Crippen LogP contribution >= 0.6 is 0 Å². The fourth-order valence-electron chi connectivity index (χ4n) is 5.52. The smallest absolute Gasteiger partial charge is 0.271 e. The van der Waals surface area contributed by atoms with Gasteiger partial charge in [0.1, 0.15) is 17.0 Å². The number of rotatable bonds is 5. The fourth-order valence-corrected chi connectivity index (χ4v) is 5.52. The number of nitrogens with one attached hydrogen (secondary N) is 1. The molecular weight excluding hydrogens is 426 g/mol. The van der Waals surface area contributed by atoms with Gasteiger partial charge >= 0.3 is 0 Å². The zero-order chi connectivity index (χ0) is 23.7. The van der Waals surface area contributed by atoms with Gasteiger partial charge in [-0.3, -0.25) is 9.59 Å². The number of carbonyl (C=O) groups is 2. The standard InChI is InChI=1S/C28H33N3O3/c1-28(27(33)29-22-13-5-3-4-6-14-22)19-30-23-15-9-7-11-20(23)17-24(30)26(32)31(28)18-21-12-8-10-16-25(21)34-2/h7-12,15-17,22H,3-6,13-14,18-19H2,1-2H3,(H,29,33)/t28-/m0/s1. The highest BCUT2D eigenvalue weighted by Gasteiger charge is 2.48. The topological polar surface area (TPSA) is 63.6 Å². The van der Waals surface area contributed by atoms with Gasteiger partial charge in [0.05, 0.1) is 20.2 Å². The highest BCUT2D eigenvalue weighted by Crippen LogP contribution is 2.35. The molecule has 2 aromatic carbocycles. The first kappa shape index (κ1) is 22.5. The van der Waals surface area contributed by atoms with E-state index in [0.717, 1.165) is 42.1 Å². The summed E-state index contributed by atoms with van der Waals surface area (Å²) in [4.78, 5) is 29.6. The van der Waals surface area contributed by atoms with E-state index in [1.807, 2.05) is 66.1 Å². The first-order valence-electron chi connectivity index (χ1n) is 12.3. The minimum absolute atomic E-state index is 0.0777. The molecule has 0 bridgehead atoms. The molecule has 1 saturated carbocycles. The van der Waals surface area contributed by atoms with Crippen molar-refractivity contribution >= 4 is 22.7 Å². The summed E-state index contributed by atoms with van der Waals surface area (Å²) in [6.45, 7) is 2.62. The maximum Gasteiger partial charge on any atom is 0.271 e. The van der Waals surface area contributed by atoms with E-state index in [2.05, 4.69) is 5.32 Å². The molecular formula is C28H33N3O3. The second-order valence-corrected chi connectivity index (χ2v) is 9.81. The van der Waals surface area contributed by atoms with Gasteiger partial charge in [-0.1, -0.05) is 62.1 Å². The van der Waals surface area contributed by atoms with Gasteiger partial charge in [0.15, 0.2) is 0 Å². The Bertz CT molecular complexity index is 1210. The minimum atomic E-state index is -1.03. The third-order valence-electron chi connectivity index (χ3n) is 7.54. The zero-order valence-corrected chi connectivity index (χ0v) is 20.0. The summed E-state index contributed by atoms with van der Waals surface area (Å²) in [5.41, 5.74) is 1.46. The third kappa shape index (κ3) is 3.95. The molecule has 1 fully saturated rings. The molecule has 3 aromatic rings. The summed E-state index contributed by atoms with van der Waals surface area (Å²) < 4.78 is 7.58. The molecule has 2 heterocycles. The lowest BCUT2D eigenvalue weighted by molar-refractivity contribution is -0.134. The van der Waals surface area contributed by atoms with Gasteiger partial charge in [-0.25, -0.2) is 0 Å². The van der Waals surface area contributed by atoms with E-state index in [1.165, 1.54) is 12.8 Å². The van der Waals surface area contributed by atoms with Crippen LogP contribution in [-0.4, -0.2) is 40.0 Å². The number of carbonyl (C=O) groups excluding carboxylic acids is 2. The number of fused-ring (bicyclic) bond motifs is 3. The number of methoxy groups -OCH3 is 1. The Morgan fingerprint density at radius 3 is 2.53 bits per heavy atom. The minimum Gasteiger partial charge on any atom is -0.496 e. The van der Waals surface area contributed by atoms with Crippen LogP contribution in [0.2, 0.25) is 0 Å². The number of amides is 2. The van der Waals surface area contributed by atoms with E-state index >= 15 is 0 Å². The van der Waals surface area contributed by atoms with Crippen molar-refractivity contribution in [1.29, 1.82) is 0 Å². The summed E-state index contributed by atoms with van der Waals surface area (Å²) in [7, 11) is 1.63. The molecule has 2 amide bonds. The molecule has 178 valence electrons. The van der Waals surface area contributed by atoms with Gasteiger partial charge in [-0.15, -0.1) is 0 Å². The Morgan fingerprint density at radius 1 is 1.06 bits per heavy atom. The lowest BCUT2D eigenvalue weighted by atomic mass is 9.92. The average Bonchev–Trinajstić information content (AvgIpc) is 3.02. The largest absolute Gasteiger partial charge is 0.496 e. The summed E-state index contributed by atoms with van der Waals surface area (Å²) in [6.07, 6.45) is 6.72. The molecule has 0 unspecified atom stereocenters. The molecule has 1 atom stereocenters. The van der Waals surface area contributed by atoms with Gasteiger partial charge in [-0.05, 0) is 38.0 Å². The molecule has 6 heteroatoms. The van der Waals surface area contributed by atoms with Gasteiger partial charge < -0.3 is 19.5 Å². The van der Waals surface area contributed by atoms with E-state index in [1.54, 1.807) is 12.0 Å². The Balaban J connectivity index is 1.55. The molecule has 0 saturated heterocycles. The van der Waals surface area contributed by atoms with Crippen LogP contribution in [0.1, 0.15) is 61.5 Å². The van der Waals surface area contributed by atoms with E-state index < -0.39 is 5.54 Å². The van der Waals surface area contributed by atoms with Crippen LogP contribution in [0.4, 0.5) is 0 Å². The zero-order valence-electron chi connectivity index (χ0n) is 20.0. The maximum absolute atomic E-state index is 13.9. The molecule has 1 N–H and O–H groups in total. The monoisotopic (exact) mass is 459 g/mol. The molecule has 2 aliphatic rings. The Labute approximate surface area is 200 Å². The van der Waals surface area contributed by atoms with Crippen molar-refractivity contribution in [1.82, 2.24) is 14.8 Å². The van der Waals surface area contributed by atoms with Crippen molar-refractivity contribution in [3.05, 3.63) is 65.9 Å². The van der Waals surface area contributed by atoms with Crippen molar-refractivity contribution < 1.29 is 14.3 Å². The predicted octanol–water partition coefficient (Wildman–Crippen LogP) is 4.90. The summed E-state index contributed by atoms with van der Waals surface area (Å²) in [6, 6.07) is 17.8. The molecule has 5 rings (SSSR count). The van der Waals surface area contributed by atoms with Crippen LogP contribution in [0.3, 0.4) is 0 Å². The number of aromatic nitrogens is 1. The molecule has 0 radical (unpaired) electrons. The van der Waals surface area contributed by atoms with Crippen molar-refractivity contribution in [2.75, 3.05) is 7.11 Å². The Hall–Kier alpha value is -3.28. The Kier molecular flexibility index (Phi) is 6.07. The molecule has 6 nitrogen and oxygen atoms in total. The van der Waals surface area contributed by atoms with Crippen LogP contribution in [0.15, 0.2) is 54.6 Å². The second kappa shape index (κ2) is 9.16. The number of benzene rings is 2. The number of para-hydroxylation sites is 2. The molecule has 1 aliphatic carbocycles. The van der Waals surface area contributed by atoms with Gasteiger partial charge in [0.25, 0.3) is 5.91 Å². The van der Waals surface area contributed by atoms with E-state index in [-0.39, 0.29) is 17.9 Å².